The molecule has 0 aliphatic carbocycles. The van der Waals surface area contributed by atoms with Crippen LogP contribution in [0.1, 0.15) is 33.1 Å². The molecular formula is C13H26N2O3. The van der Waals surface area contributed by atoms with Gasteiger partial charge in [0.05, 0.1) is 12.7 Å². The summed E-state index contributed by atoms with van der Waals surface area (Å²) >= 11 is 0. The highest BCUT2D eigenvalue weighted by atomic mass is 16.3. The zero-order chi connectivity index (χ0) is 13.6. The number of nitrogens with zero attached hydrogens (tertiary/aromatic N) is 1. The van der Waals surface area contributed by atoms with Crippen LogP contribution in [0.3, 0.4) is 0 Å². The Balaban J connectivity index is 2.12. The number of nitrogens with one attached hydrogen (secondary N) is 1. The van der Waals surface area contributed by atoms with Crippen molar-refractivity contribution in [3.8, 4) is 0 Å². The normalized spacial score (nSPS) is 24.2. The molecule has 0 saturated carbocycles. The Morgan fingerprint density at radius 3 is 2.83 bits per heavy atom. The molecule has 1 aliphatic rings. The van der Waals surface area contributed by atoms with E-state index in [0.29, 0.717) is 12.5 Å². The number of amides is 1. The van der Waals surface area contributed by atoms with E-state index in [1.807, 2.05) is 4.90 Å². The molecule has 0 aromatic carbocycles. The Hall–Kier alpha value is -0.650. The second-order valence-corrected chi connectivity index (χ2v) is 5.82. The minimum absolute atomic E-state index is 0.00702. The summed E-state index contributed by atoms with van der Waals surface area (Å²) in [6.45, 7) is 6.16. The van der Waals surface area contributed by atoms with Crippen LogP contribution in [0.4, 0.5) is 0 Å². The lowest BCUT2D eigenvalue weighted by atomic mass is 9.93. The van der Waals surface area contributed by atoms with Gasteiger partial charge in [-0.3, -0.25) is 4.79 Å². The van der Waals surface area contributed by atoms with Crippen LogP contribution in [-0.2, 0) is 4.79 Å². The van der Waals surface area contributed by atoms with Crippen molar-refractivity contribution in [2.75, 3.05) is 26.2 Å². The molecule has 5 heteroatoms. The van der Waals surface area contributed by atoms with E-state index in [1.54, 1.807) is 0 Å². The number of carbonyl (C=O) groups excluding carboxylic acids is 1. The summed E-state index contributed by atoms with van der Waals surface area (Å²) in [4.78, 5) is 12.8. The molecule has 2 unspecified atom stereocenters. The van der Waals surface area contributed by atoms with Crippen molar-refractivity contribution in [3.05, 3.63) is 0 Å². The Kier molecular flexibility index (Phi) is 6.05. The summed E-state index contributed by atoms with van der Waals surface area (Å²) < 4.78 is 0. The summed E-state index contributed by atoms with van der Waals surface area (Å²) in [7, 11) is 0. The van der Waals surface area contributed by atoms with Crippen molar-refractivity contribution in [3.63, 3.8) is 0 Å². The van der Waals surface area contributed by atoms with Gasteiger partial charge in [0.1, 0.15) is 0 Å². The second kappa shape index (κ2) is 7.07. The number of carbonyl (C=O) groups is 1. The van der Waals surface area contributed by atoms with Crippen molar-refractivity contribution in [2.45, 2.75) is 44.8 Å². The van der Waals surface area contributed by atoms with E-state index in [0.717, 1.165) is 38.8 Å². The Morgan fingerprint density at radius 1 is 1.56 bits per heavy atom. The van der Waals surface area contributed by atoms with Gasteiger partial charge in [-0.1, -0.05) is 0 Å². The third-order valence-corrected chi connectivity index (χ3v) is 3.70. The summed E-state index contributed by atoms with van der Waals surface area (Å²) in [5.41, 5.74) is -0.00702. The zero-order valence-electron chi connectivity index (χ0n) is 11.4. The molecule has 5 nitrogen and oxygen atoms in total. The molecule has 1 rings (SSSR count). The van der Waals surface area contributed by atoms with E-state index in [4.69, 9.17) is 10.2 Å². The van der Waals surface area contributed by atoms with E-state index in [9.17, 15) is 4.79 Å². The smallest absolute Gasteiger partial charge is 0.210 e. The second-order valence-electron chi connectivity index (χ2n) is 5.82. The van der Waals surface area contributed by atoms with Crippen LogP contribution < -0.4 is 5.32 Å². The molecule has 1 amide bonds. The van der Waals surface area contributed by atoms with Crippen molar-refractivity contribution in [2.24, 2.45) is 5.92 Å². The van der Waals surface area contributed by atoms with Crippen LogP contribution in [0.15, 0.2) is 0 Å². The summed E-state index contributed by atoms with van der Waals surface area (Å²) in [6.07, 6.45) is 3.48. The molecular weight excluding hydrogens is 232 g/mol. The average molecular weight is 258 g/mol. The molecule has 1 aliphatic heterocycles. The number of rotatable bonds is 8. The van der Waals surface area contributed by atoms with Crippen molar-refractivity contribution >= 4 is 6.41 Å². The SMILES string of the molecule is CC1(C)CC(CCCNCC(O)CO)CN1C=O. The molecule has 1 heterocycles. The highest BCUT2D eigenvalue weighted by Gasteiger charge is 2.36. The fourth-order valence-corrected chi connectivity index (χ4v) is 2.64. The monoisotopic (exact) mass is 258 g/mol. The first-order chi connectivity index (χ1) is 8.49. The van der Waals surface area contributed by atoms with E-state index >= 15 is 0 Å². The predicted octanol–water partition coefficient (Wildman–Crippen LogP) is -0.0337. The van der Waals surface area contributed by atoms with Gasteiger partial charge in [0, 0.05) is 18.6 Å². The van der Waals surface area contributed by atoms with Gasteiger partial charge in [-0.2, -0.15) is 0 Å². The molecule has 0 aromatic heterocycles. The van der Waals surface area contributed by atoms with Crippen LogP contribution in [0.2, 0.25) is 0 Å². The Labute approximate surface area is 109 Å². The zero-order valence-corrected chi connectivity index (χ0v) is 11.4. The maximum Gasteiger partial charge on any atom is 0.210 e. The van der Waals surface area contributed by atoms with Gasteiger partial charge < -0.3 is 20.4 Å². The van der Waals surface area contributed by atoms with E-state index in [-0.39, 0.29) is 12.1 Å². The molecule has 1 fully saturated rings. The van der Waals surface area contributed by atoms with Crippen LogP contribution >= 0.6 is 0 Å². The van der Waals surface area contributed by atoms with Crippen molar-refractivity contribution < 1.29 is 15.0 Å². The maximum atomic E-state index is 10.9. The molecule has 3 N–H and O–H groups in total. The lowest BCUT2D eigenvalue weighted by molar-refractivity contribution is -0.120. The first-order valence-electron chi connectivity index (χ1n) is 6.71. The highest BCUT2D eigenvalue weighted by molar-refractivity contribution is 5.49. The number of likely N-dealkylation sites (tertiary alicyclic amines) is 1. The van der Waals surface area contributed by atoms with Gasteiger partial charge in [0.2, 0.25) is 6.41 Å². The molecule has 0 radical (unpaired) electrons. The standard InChI is InChI=1S/C13H26N2O3/c1-13(2)6-11(8-15(13)10-17)4-3-5-14-7-12(18)9-16/h10-12,14,16,18H,3-9H2,1-2H3. The Morgan fingerprint density at radius 2 is 2.28 bits per heavy atom. The third-order valence-electron chi connectivity index (χ3n) is 3.70. The lowest BCUT2D eigenvalue weighted by Crippen LogP contribution is -2.36. The molecule has 0 aromatic rings. The summed E-state index contributed by atoms with van der Waals surface area (Å²) in [5.74, 6) is 0.578. The van der Waals surface area contributed by atoms with E-state index < -0.39 is 6.10 Å². The minimum Gasteiger partial charge on any atom is -0.394 e. The maximum absolute atomic E-state index is 10.9. The number of hydrogen-bond donors (Lipinski definition) is 3. The first-order valence-corrected chi connectivity index (χ1v) is 6.71. The quantitative estimate of drug-likeness (QED) is 0.422. The van der Waals surface area contributed by atoms with Gasteiger partial charge in [-0.15, -0.1) is 0 Å². The van der Waals surface area contributed by atoms with Crippen LogP contribution in [0.5, 0.6) is 0 Å². The van der Waals surface area contributed by atoms with Gasteiger partial charge in [0.15, 0.2) is 0 Å². The highest BCUT2D eigenvalue weighted by Crippen LogP contribution is 2.33. The summed E-state index contributed by atoms with van der Waals surface area (Å²) in [6, 6.07) is 0. The largest absolute Gasteiger partial charge is 0.394 e. The lowest BCUT2D eigenvalue weighted by Gasteiger charge is -2.27. The van der Waals surface area contributed by atoms with Crippen molar-refractivity contribution in [1.29, 1.82) is 0 Å². The van der Waals surface area contributed by atoms with Gasteiger partial charge in [-0.05, 0) is 45.6 Å². The first kappa shape index (κ1) is 15.4. The fraction of sp³-hybridized carbons (Fsp3) is 0.923. The average Bonchev–Trinajstić information content (AvgIpc) is 2.62. The third kappa shape index (κ3) is 4.55. The molecule has 2 atom stereocenters. The van der Waals surface area contributed by atoms with Crippen LogP contribution in [-0.4, -0.2) is 59.4 Å². The number of hydrogen-bond acceptors (Lipinski definition) is 4. The van der Waals surface area contributed by atoms with Gasteiger partial charge in [-0.25, -0.2) is 0 Å². The van der Waals surface area contributed by atoms with E-state index in [2.05, 4.69) is 19.2 Å². The van der Waals surface area contributed by atoms with E-state index in [1.165, 1.54) is 0 Å². The summed E-state index contributed by atoms with van der Waals surface area (Å²) in [5, 5.41) is 20.9. The van der Waals surface area contributed by atoms with Gasteiger partial charge in [0.25, 0.3) is 0 Å². The molecule has 18 heavy (non-hydrogen) atoms. The van der Waals surface area contributed by atoms with Crippen LogP contribution in [0.25, 0.3) is 0 Å². The predicted molar refractivity (Wildman–Crippen MR) is 70.2 cm³/mol. The number of aliphatic hydroxyl groups is 2. The molecule has 0 bridgehead atoms. The Bertz CT molecular complexity index is 259. The van der Waals surface area contributed by atoms with Gasteiger partial charge >= 0.3 is 0 Å². The minimum atomic E-state index is -0.666. The topological polar surface area (TPSA) is 72.8 Å². The molecule has 106 valence electrons. The van der Waals surface area contributed by atoms with Crippen LogP contribution in [0, 0.1) is 5.92 Å². The van der Waals surface area contributed by atoms with Crippen molar-refractivity contribution in [1.82, 2.24) is 10.2 Å². The number of aliphatic hydroxyl groups excluding tert-OH is 2. The fourth-order valence-electron chi connectivity index (χ4n) is 2.64. The molecule has 0 spiro atoms. The molecule has 1 saturated heterocycles.